The first-order chi connectivity index (χ1) is 12.2. The van der Waals surface area contributed by atoms with Crippen molar-refractivity contribution in [2.45, 2.75) is 88.7 Å². The smallest absolute Gasteiger partial charge is 0.302 e. The lowest BCUT2D eigenvalue weighted by Gasteiger charge is -2.55. The van der Waals surface area contributed by atoms with E-state index in [1.807, 2.05) is 0 Å². The zero-order chi connectivity index (χ0) is 18.7. The lowest BCUT2D eigenvalue weighted by Crippen LogP contribution is -2.57. The summed E-state index contributed by atoms with van der Waals surface area (Å²) >= 11 is 4.13. The van der Waals surface area contributed by atoms with Crippen LogP contribution in [0.3, 0.4) is 0 Å². The Morgan fingerprint density at radius 1 is 1.23 bits per heavy atom. The standard InChI is InChI=1S/C21H31BrO4/c1-13-21(22)11-17(26-14(2)23)7-9-20(21,12-25-13)16-6-8-19(3)15(10-16)4-5-18(19)24/h13,15-17H,4-12H2,1-3H3/t13-,15?,16?,17+,19+,20+,21+/m1/s1. The number of rotatable bonds is 2. The van der Waals surface area contributed by atoms with Gasteiger partial charge in [0, 0.05) is 30.6 Å². The van der Waals surface area contributed by atoms with Gasteiger partial charge in [-0.15, -0.1) is 0 Å². The SMILES string of the molecule is CC(=O)O[C@H]1CC[C@@]2(C3CC[C@]4(C)C(=O)CCC4C3)CO[C@H](C)[C@@]2(Br)C1. The Labute approximate surface area is 164 Å². The van der Waals surface area contributed by atoms with Crippen molar-refractivity contribution in [3.63, 3.8) is 0 Å². The third kappa shape index (κ3) is 2.56. The molecule has 26 heavy (non-hydrogen) atoms. The molecule has 0 N–H and O–H groups in total. The topological polar surface area (TPSA) is 52.6 Å². The van der Waals surface area contributed by atoms with Crippen molar-refractivity contribution in [2.24, 2.45) is 22.7 Å². The molecule has 3 saturated carbocycles. The highest BCUT2D eigenvalue weighted by Gasteiger charge is 2.66. The number of fused-ring (bicyclic) bond motifs is 2. The van der Waals surface area contributed by atoms with Gasteiger partial charge < -0.3 is 9.47 Å². The number of carbonyl (C=O) groups is 2. The number of carbonyl (C=O) groups excluding carboxylic acids is 2. The van der Waals surface area contributed by atoms with Crippen LogP contribution < -0.4 is 0 Å². The van der Waals surface area contributed by atoms with E-state index in [4.69, 9.17) is 9.47 Å². The van der Waals surface area contributed by atoms with Crippen LogP contribution in [0.1, 0.15) is 72.1 Å². The maximum Gasteiger partial charge on any atom is 0.302 e. The van der Waals surface area contributed by atoms with Gasteiger partial charge in [-0.2, -0.15) is 0 Å². The molecule has 0 aromatic heterocycles. The van der Waals surface area contributed by atoms with E-state index in [2.05, 4.69) is 29.8 Å². The molecule has 0 bridgehead atoms. The molecule has 4 fully saturated rings. The van der Waals surface area contributed by atoms with E-state index in [0.717, 1.165) is 58.0 Å². The molecule has 4 rings (SSSR count). The van der Waals surface area contributed by atoms with Crippen molar-refractivity contribution < 1.29 is 19.1 Å². The summed E-state index contributed by atoms with van der Waals surface area (Å²) in [7, 11) is 0. The molecule has 1 heterocycles. The van der Waals surface area contributed by atoms with Gasteiger partial charge >= 0.3 is 5.97 Å². The Morgan fingerprint density at radius 2 is 2.00 bits per heavy atom. The van der Waals surface area contributed by atoms with Crippen LogP contribution in [0, 0.1) is 22.7 Å². The van der Waals surface area contributed by atoms with Crippen LogP contribution in [0.25, 0.3) is 0 Å². The van der Waals surface area contributed by atoms with Crippen molar-refractivity contribution in [1.29, 1.82) is 0 Å². The van der Waals surface area contributed by atoms with Gasteiger partial charge in [-0.1, -0.05) is 22.9 Å². The molecule has 4 nitrogen and oxygen atoms in total. The minimum atomic E-state index is -0.192. The van der Waals surface area contributed by atoms with Gasteiger partial charge in [0.05, 0.1) is 17.0 Å². The minimum Gasteiger partial charge on any atom is -0.463 e. The summed E-state index contributed by atoms with van der Waals surface area (Å²) in [5.74, 6) is 1.40. The summed E-state index contributed by atoms with van der Waals surface area (Å²) in [5, 5.41) is 0. The van der Waals surface area contributed by atoms with Crippen LogP contribution in [0.15, 0.2) is 0 Å². The number of Topliss-reactive ketones (excluding diaryl/α,β-unsaturated/α-hetero) is 1. The Morgan fingerprint density at radius 3 is 2.73 bits per heavy atom. The number of ether oxygens (including phenoxy) is 2. The summed E-state index contributed by atoms with van der Waals surface area (Å²) < 4.78 is 11.7. The highest BCUT2D eigenvalue weighted by Crippen LogP contribution is 2.65. The molecule has 1 saturated heterocycles. The molecular formula is C21H31BrO4. The van der Waals surface area contributed by atoms with Crippen LogP contribution in [-0.2, 0) is 19.1 Å². The predicted molar refractivity (Wildman–Crippen MR) is 102 cm³/mol. The van der Waals surface area contributed by atoms with E-state index in [-0.39, 0.29) is 33.3 Å². The van der Waals surface area contributed by atoms with Gasteiger partial charge in [-0.05, 0) is 57.3 Å². The zero-order valence-electron chi connectivity index (χ0n) is 16.2. The van der Waals surface area contributed by atoms with Crippen molar-refractivity contribution in [3.8, 4) is 0 Å². The highest BCUT2D eigenvalue weighted by atomic mass is 79.9. The first-order valence-corrected chi connectivity index (χ1v) is 11.0. The van der Waals surface area contributed by atoms with E-state index < -0.39 is 0 Å². The maximum absolute atomic E-state index is 12.4. The van der Waals surface area contributed by atoms with E-state index in [1.54, 1.807) is 0 Å². The summed E-state index contributed by atoms with van der Waals surface area (Å²) in [4.78, 5) is 23.9. The average molecular weight is 427 g/mol. The Bertz CT molecular complexity index is 621. The van der Waals surface area contributed by atoms with Crippen molar-refractivity contribution in [1.82, 2.24) is 0 Å². The molecule has 0 aromatic rings. The Kier molecular flexibility index (Phi) is 4.58. The molecule has 0 spiro atoms. The molecule has 1 aliphatic heterocycles. The number of halogens is 1. The van der Waals surface area contributed by atoms with E-state index >= 15 is 0 Å². The molecule has 0 aromatic carbocycles. The largest absolute Gasteiger partial charge is 0.463 e. The first-order valence-electron chi connectivity index (χ1n) is 10.2. The molecule has 0 radical (unpaired) electrons. The van der Waals surface area contributed by atoms with Gasteiger partial charge in [0.2, 0.25) is 0 Å². The average Bonchev–Trinajstić information content (AvgIpc) is 3.02. The fourth-order valence-corrected chi connectivity index (χ4v) is 7.85. The third-order valence-electron chi connectivity index (χ3n) is 8.45. The predicted octanol–water partition coefficient (Wildman–Crippen LogP) is 4.43. The fraction of sp³-hybridized carbons (Fsp3) is 0.905. The molecule has 0 amide bonds. The van der Waals surface area contributed by atoms with Crippen LogP contribution >= 0.6 is 15.9 Å². The Hall–Kier alpha value is -0.420. The van der Waals surface area contributed by atoms with E-state index in [9.17, 15) is 9.59 Å². The van der Waals surface area contributed by atoms with Crippen molar-refractivity contribution in [2.75, 3.05) is 6.61 Å². The molecule has 5 heteroatoms. The van der Waals surface area contributed by atoms with Gasteiger partial charge in [0.15, 0.2) is 0 Å². The summed E-state index contributed by atoms with van der Waals surface area (Å²) in [6.45, 7) is 6.64. The lowest BCUT2D eigenvalue weighted by atomic mass is 9.52. The van der Waals surface area contributed by atoms with E-state index in [1.165, 1.54) is 6.92 Å². The summed E-state index contributed by atoms with van der Waals surface area (Å²) in [6.07, 6.45) is 7.96. The fourth-order valence-electron chi connectivity index (χ4n) is 6.72. The zero-order valence-corrected chi connectivity index (χ0v) is 17.8. The van der Waals surface area contributed by atoms with E-state index in [0.29, 0.717) is 17.6 Å². The van der Waals surface area contributed by atoms with Crippen molar-refractivity contribution in [3.05, 3.63) is 0 Å². The second kappa shape index (κ2) is 6.30. The van der Waals surface area contributed by atoms with Crippen LogP contribution in [0.4, 0.5) is 0 Å². The minimum absolute atomic E-state index is 0.0222. The molecule has 146 valence electrons. The normalized spacial score (nSPS) is 51.0. The Balaban J connectivity index is 1.59. The molecule has 4 aliphatic rings. The quantitative estimate of drug-likeness (QED) is 0.484. The highest BCUT2D eigenvalue weighted by molar-refractivity contribution is 9.10. The number of ketones is 1. The molecule has 3 aliphatic carbocycles. The summed E-state index contributed by atoms with van der Waals surface area (Å²) in [6, 6.07) is 0. The monoisotopic (exact) mass is 426 g/mol. The van der Waals surface area contributed by atoms with Crippen LogP contribution in [0.5, 0.6) is 0 Å². The number of hydrogen-bond donors (Lipinski definition) is 0. The number of hydrogen-bond acceptors (Lipinski definition) is 4. The van der Waals surface area contributed by atoms with Gasteiger partial charge in [0.25, 0.3) is 0 Å². The molecular weight excluding hydrogens is 396 g/mol. The van der Waals surface area contributed by atoms with Crippen molar-refractivity contribution >= 4 is 27.7 Å². The second-order valence-electron chi connectivity index (χ2n) is 9.49. The summed E-state index contributed by atoms with van der Waals surface area (Å²) in [5.41, 5.74) is 0.0121. The van der Waals surface area contributed by atoms with Crippen LogP contribution in [-0.4, -0.2) is 34.9 Å². The third-order valence-corrected chi connectivity index (χ3v) is 10.2. The molecule has 2 unspecified atom stereocenters. The van der Waals surface area contributed by atoms with Gasteiger partial charge in [0.1, 0.15) is 11.9 Å². The molecule has 7 atom stereocenters. The first kappa shape index (κ1) is 18.9. The maximum atomic E-state index is 12.4. The number of alkyl halides is 1. The number of esters is 1. The van der Waals surface area contributed by atoms with Gasteiger partial charge in [-0.3, -0.25) is 9.59 Å². The van der Waals surface area contributed by atoms with Crippen LogP contribution in [0.2, 0.25) is 0 Å². The lowest BCUT2D eigenvalue weighted by molar-refractivity contribution is -0.150. The second-order valence-corrected chi connectivity index (χ2v) is 10.9. The van der Waals surface area contributed by atoms with Gasteiger partial charge in [-0.25, -0.2) is 0 Å².